The Morgan fingerprint density at radius 3 is 2.55 bits per heavy atom. The fraction of sp³-hybridized carbons (Fsp3) is 0.458. The van der Waals surface area contributed by atoms with E-state index in [0.29, 0.717) is 22.6 Å². The van der Waals surface area contributed by atoms with Gasteiger partial charge in [0.05, 0.1) is 17.6 Å². The van der Waals surface area contributed by atoms with Crippen LogP contribution in [-0.2, 0) is 10.8 Å². The van der Waals surface area contributed by atoms with Crippen LogP contribution in [0.4, 0.5) is 0 Å². The van der Waals surface area contributed by atoms with Gasteiger partial charge < -0.3 is 19.0 Å². The van der Waals surface area contributed by atoms with Crippen molar-refractivity contribution in [3.63, 3.8) is 0 Å². The lowest BCUT2D eigenvalue weighted by Gasteiger charge is -2.30. The predicted octanol–water partition coefficient (Wildman–Crippen LogP) is 4.47. The molecule has 29 heavy (non-hydrogen) atoms. The minimum absolute atomic E-state index is 0.139. The fourth-order valence-electron chi connectivity index (χ4n) is 4.14. The zero-order chi connectivity index (χ0) is 21.4. The van der Waals surface area contributed by atoms with Crippen molar-refractivity contribution in [3.05, 3.63) is 51.9 Å². The van der Waals surface area contributed by atoms with E-state index in [1.54, 1.807) is 6.08 Å². The molecule has 2 aromatic rings. The SMILES string of the molecule is C=CC(C)(C)c1cc2c3c(c4c(c2oc1=O)C(C)(C)[C@@H](CO)O4)C=CC(C)(C)O3. The maximum absolute atomic E-state index is 12.9. The summed E-state index contributed by atoms with van der Waals surface area (Å²) in [4.78, 5) is 12.9. The van der Waals surface area contributed by atoms with Gasteiger partial charge in [-0.1, -0.05) is 33.8 Å². The van der Waals surface area contributed by atoms with E-state index < -0.39 is 28.2 Å². The molecule has 2 aliphatic heterocycles. The van der Waals surface area contributed by atoms with Crippen molar-refractivity contribution in [2.75, 3.05) is 6.61 Å². The normalized spacial score (nSPS) is 21.3. The van der Waals surface area contributed by atoms with Crippen LogP contribution in [0.5, 0.6) is 11.5 Å². The number of benzene rings is 1. The van der Waals surface area contributed by atoms with Gasteiger partial charge in [-0.2, -0.15) is 0 Å². The van der Waals surface area contributed by atoms with Crippen molar-refractivity contribution in [2.24, 2.45) is 0 Å². The summed E-state index contributed by atoms with van der Waals surface area (Å²) in [5.74, 6) is 1.24. The molecule has 5 heteroatoms. The van der Waals surface area contributed by atoms with Crippen LogP contribution in [-0.4, -0.2) is 23.4 Å². The van der Waals surface area contributed by atoms with E-state index in [0.717, 1.165) is 16.5 Å². The zero-order valence-corrected chi connectivity index (χ0v) is 17.9. The standard InChI is InChI=1S/C24H28O5/c1-8-22(2,3)15-11-14-18-13(9-10-23(4,5)29-18)19-17(20(14)28-21(15)26)24(6,7)16(12-25)27-19/h8-11,16,25H,1,12H2,2-7H3/t16-/m1/s1. The summed E-state index contributed by atoms with van der Waals surface area (Å²) in [6, 6.07) is 1.86. The van der Waals surface area contributed by atoms with Crippen LogP contribution >= 0.6 is 0 Å². The Kier molecular flexibility index (Phi) is 4.08. The fourth-order valence-corrected chi connectivity index (χ4v) is 4.14. The van der Waals surface area contributed by atoms with E-state index in [4.69, 9.17) is 13.9 Å². The van der Waals surface area contributed by atoms with Crippen LogP contribution in [0.2, 0.25) is 0 Å². The number of aliphatic hydroxyl groups is 1. The lowest BCUT2D eigenvalue weighted by atomic mass is 9.78. The molecule has 0 amide bonds. The summed E-state index contributed by atoms with van der Waals surface area (Å²) in [5.41, 5.74) is 0.573. The average molecular weight is 396 g/mol. The maximum Gasteiger partial charge on any atom is 0.340 e. The van der Waals surface area contributed by atoms with Gasteiger partial charge in [-0.3, -0.25) is 0 Å². The lowest BCUT2D eigenvalue weighted by Crippen LogP contribution is -2.35. The van der Waals surface area contributed by atoms with Gasteiger partial charge in [0.25, 0.3) is 0 Å². The molecule has 0 unspecified atom stereocenters. The molecule has 0 fully saturated rings. The maximum atomic E-state index is 12.9. The molecule has 154 valence electrons. The molecule has 0 spiro atoms. The third kappa shape index (κ3) is 2.75. The first-order chi connectivity index (χ1) is 13.4. The predicted molar refractivity (Wildman–Crippen MR) is 114 cm³/mol. The quantitative estimate of drug-likeness (QED) is 0.612. The molecule has 1 N–H and O–H groups in total. The molecule has 1 aromatic heterocycles. The Balaban J connectivity index is 2.17. The molecule has 0 aliphatic carbocycles. The summed E-state index contributed by atoms with van der Waals surface area (Å²) in [6.07, 6.45) is 5.28. The minimum Gasteiger partial charge on any atom is -0.486 e. The molecule has 5 nitrogen and oxygen atoms in total. The van der Waals surface area contributed by atoms with E-state index in [-0.39, 0.29) is 6.61 Å². The van der Waals surface area contributed by atoms with Crippen molar-refractivity contribution in [1.82, 2.24) is 0 Å². The monoisotopic (exact) mass is 396 g/mol. The highest BCUT2D eigenvalue weighted by Crippen LogP contribution is 2.54. The molecule has 0 radical (unpaired) electrons. The van der Waals surface area contributed by atoms with Crippen LogP contribution in [0.3, 0.4) is 0 Å². The summed E-state index contributed by atoms with van der Waals surface area (Å²) in [6.45, 7) is 15.5. The molecule has 0 bridgehead atoms. The summed E-state index contributed by atoms with van der Waals surface area (Å²) < 4.78 is 18.4. The Bertz CT molecular complexity index is 1110. The Labute approximate surface area is 170 Å². The van der Waals surface area contributed by atoms with Gasteiger partial charge in [-0.25, -0.2) is 4.79 Å². The van der Waals surface area contributed by atoms with Crippen LogP contribution in [0.25, 0.3) is 17.0 Å². The second-order valence-electron chi connectivity index (χ2n) is 9.61. The van der Waals surface area contributed by atoms with E-state index >= 15 is 0 Å². The number of ether oxygens (including phenoxy) is 2. The van der Waals surface area contributed by atoms with Gasteiger partial charge in [0.1, 0.15) is 28.8 Å². The number of allylic oxidation sites excluding steroid dienone is 1. The van der Waals surface area contributed by atoms with Crippen molar-refractivity contribution in [1.29, 1.82) is 0 Å². The highest BCUT2D eigenvalue weighted by atomic mass is 16.5. The van der Waals surface area contributed by atoms with Crippen LogP contribution in [0.15, 0.2) is 34.0 Å². The third-order valence-electron chi connectivity index (χ3n) is 6.23. The van der Waals surface area contributed by atoms with Crippen LogP contribution in [0.1, 0.15) is 58.2 Å². The molecule has 3 heterocycles. The topological polar surface area (TPSA) is 68.9 Å². The zero-order valence-electron chi connectivity index (χ0n) is 17.9. The van der Waals surface area contributed by atoms with Gasteiger partial charge in [0.15, 0.2) is 0 Å². The molecule has 0 saturated carbocycles. The Morgan fingerprint density at radius 2 is 1.93 bits per heavy atom. The van der Waals surface area contributed by atoms with Crippen molar-refractivity contribution < 1.29 is 19.0 Å². The first kappa shape index (κ1) is 19.8. The van der Waals surface area contributed by atoms with Gasteiger partial charge >= 0.3 is 5.63 Å². The number of rotatable bonds is 3. The largest absolute Gasteiger partial charge is 0.486 e. The lowest BCUT2D eigenvalue weighted by molar-refractivity contribution is 0.0881. The van der Waals surface area contributed by atoms with Crippen molar-refractivity contribution in [3.8, 4) is 11.5 Å². The van der Waals surface area contributed by atoms with E-state index in [1.165, 1.54) is 0 Å². The molecule has 0 saturated heterocycles. The summed E-state index contributed by atoms with van der Waals surface area (Å²) in [5, 5.41) is 10.6. The Hall–Kier alpha value is -2.53. The van der Waals surface area contributed by atoms with Crippen molar-refractivity contribution >= 4 is 17.0 Å². The Morgan fingerprint density at radius 1 is 1.24 bits per heavy atom. The number of fused-ring (bicyclic) bond motifs is 6. The second-order valence-corrected chi connectivity index (χ2v) is 9.61. The number of hydrogen-bond acceptors (Lipinski definition) is 5. The van der Waals surface area contributed by atoms with Crippen LogP contribution in [0, 0.1) is 0 Å². The van der Waals surface area contributed by atoms with Crippen molar-refractivity contribution in [2.45, 2.75) is 64.1 Å². The molecule has 1 atom stereocenters. The van der Waals surface area contributed by atoms with Crippen LogP contribution < -0.4 is 15.1 Å². The van der Waals surface area contributed by atoms with Gasteiger partial charge in [-0.15, -0.1) is 6.58 Å². The van der Waals surface area contributed by atoms with Gasteiger partial charge in [0.2, 0.25) is 0 Å². The molecule has 1 aromatic carbocycles. The third-order valence-corrected chi connectivity index (χ3v) is 6.23. The minimum atomic E-state index is -0.555. The second kappa shape index (κ2) is 5.99. The van der Waals surface area contributed by atoms with Gasteiger partial charge in [0, 0.05) is 22.0 Å². The highest BCUT2D eigenvalue weighted by molar-refractivity contribution is 5.96. The van der Waals surface area contributed by atoms with E-state index in [9.17, 15) is 9.90 Å². The summed E-state index contributed by atoms with van der Waals surface area (Å²) in [7, 11) is 0. The molecular formula is C24H28O5. The first-order valence-electron chi connectivity index (χ1n) is 9.91. The number of hydrogen-bond donors (Lipinski definition) is 1. The molecule has 2 aliphatic rings. The summed E-state index contributed by atoms with van der Waals surface area (Å²) >= 11 is 0. The molecule has 4 rings (SSSR count). The smallest absolute Gasteiger partial charge is 0.340 e. The molecular weight excluding hydrogens is 368 g/mol. The van der Waals surface area contributed by atoms with E-state index in [2.05, 4.69) is 6.58 Å². The highest BCUT2D eigenvalue weighted by Gasteiger charge is 2.47. The van der Waals surface area contributed by atoms with Gasteiger partial charge in [-0.05, 0) is 32.1 Å². The van der Waals surface area contributed by atoms with E-state index in [1.807, 2.05) is 59.8 Å². The first-order valence-corrected chi connectivity index (χ1v) is 9.91. The number of aliphatic hydroxyl groups excluding tert-OH is 1. The average Bonchev–Trinajstić information content (AvgIpc) is 2.91.